The minimum Gasteiger partial charge on any atom is -0.444 e. The molecule has 5 rings (SSSR count). The number of anilines is 1. The summed E-state index contributed by atoms with van der Waals surface area (Å²) >= 11 is 0. The molecular weight excluding hydrogens is 534 g/mol. The maximum atomic E-state index is 12.6. The number of aromatic amines is 1. The van der Waals surface area contributed by atoms with Gasteiger partial charge in [-0.1, -0.05) is 28.6 Å². The molecular formula is C27H27N7O5S. The van der Waals surface area contributed by atoms with Gasteiger partial charge in [0.25, 0.3) is 0 Å². The van der Waals surface area contributed by atoms with Crippen molar-refractivity contribution in [2.24, 2.45) is 0 Å². The van der Waals surface area contributed by atoms with Crippen LogP contribution in [0.5, 0.6) is 0 Å². The molecule has 0 atom stereocenters. The largest absolute Gasteiger partial charge is 0.444 e. The van der Waals surface area contributed by atoms with Crippen LogP contribution in [0.25, 0.3) is 45.0 Å². The first-order valence-electron chi connectivity index (χ1n) is 12.4. The quantitative estimate of drug-likeness (QED) is 0.279. The van der Waals surface area contributed by atoms with Gasteiger partial charge in [-0.05, 0) is 58.9 Å². The van der Waals surface area contributed by atoms with E-state index in [1.54, 1.807) is 52.8 Å². The maximum Gasteiger partial charge on any atom is 0.413 e. The zero-order valence-corrected chi connectivity index (χ0v) is 23.3. The molecule has 206 valence electrons. The number of rotatable bonds is 6. The maximum absolute atomic E-state index is 12.6. The molecule has 0 aliphatic carbocycles. The monoisotopic (exact) mass is 561 g/mol. The highest BCUT2D eigenvalue weighted by Gasteiger charge is 2.23. The summed E-state index contributed by atoms with van der Waals surface area (Å²) in [5.41, 5.74) is 3.23. The number of hydrogen-bond acceptors (Lipinski definition) is 10. The minimum atomic E-state index is -3.43. The fraction of sp³-hybridized carbons (Fsp3) is 0.259. The first-order valence-corrected chi connectivity index (χ1v) is 13.9. The van der Waals surface area contributed by atoms with Crippen LogP contribution in [-0.4, -0.2) is 55.9 Å². The summed E-state index contributed by atoms with van der Waals surface area (Å²) < 4.78 is 36.1. The van der Waals surface area contributed by atoms with Crippen LogP contribution in [0.2, 0.25) is 0 Å². The molecule has 0 aliphatic rings. The summed E-state index contributed by atoms with van der Waals surface area (Å²) in [6.45, 7) is 8.51. The number of amides is 1. The van der Waals surface area contributed by atoms with Crippen LogP contribution < -0.4 is 5.32 Å². The number of H-pyrrole nitrogens is 1. The molecule has 3 heterocycles. The molecule has 0 unspecified atom stereocenters. The lowest BCUT2D eigenvalue weighted by atomic mass is 10.1. The normalized spacial score (nSPS) is 12.2. The van der Waals surface area contributed by atoms with Gasteiger partial charge >= 0.3 is 6.09 Å². The second-order valence-corrected chi connectivity index (χ2v) is 12.8. The standard InChI is InChI=1S/C27H27N7O5S/c1-15(2)40(36,37)18-9-6-16(7-10-18)22-14-28-25(30-26(35)38-27(3,4)5)24(29-22)23-13-20(33-39-23)17-8-11-19-21(12-17)32-34-31-19/h6-15H,1-5H3,(H,28,30,35)(H,31,32,34). The van der Waals surface area contributed by atoms with E-state index in [4.69, 9.17) is 14.2 Å². The van der Waals surface area contributed by atoms with E-state index >= 15 is 0 Å². The van der Waals surface area contributed by atoms with E-state index in [9.17, 15) is 13.2 Å². The smallest absolute Gasteiger partial charge is 0.413 e. The molecule has 1 amide bonds. The summed E-state index contributed by atoms with van der Waals surface area (Å²) in [6.07, 6.45) is 0.757. The molecule has 3 aromatic heterocycles. The van der Waals surface area contributed by atoms with Crippen LogP contribution >= 0.6 is 0 Å². The molecule has 0 saturated carbocycles. The highest BCUT2D eigenvalue weighted by atomic mass is 32.2. The topological polar surface area (TPSA) is 166 Å². The minimum absolute atomic E-state index is 0.103. The Labute approximate surface area is 230 Å². The molecule has 40 heavy (non-hydrogen) atoms. The predicted molar refractivity (Wildman–Crippen MR) is 148 cm³/mol. The number of hydrogen-bond donors (Lipinski definition) is 2. The molecule has 13 heteroatoms. The van der Waals surface area contributed by atoms with Crippen molar-refractivity contribution in [2.45, 2.75) is 50.4 Å². The lowest BCUT2D eigenvalue weighted by molar-refractivity contribution is 0.0635. The Kier molecular flexibility index (Phi) is 6.84. The van der Waals surface area contributed by atoms with Crippen LogP contribution in [0.4, 0.5) is 10.6 Å². The highest BCUT2D eigenvalue weighted by Crippen LogP contribution is 2.32. The zero-order valence-electron chi connectivity index (χ0n) is 22.5. The van der Waals surface area contributed by atoms with Crippen molar-refractivity contribution in [3.05, 3.63) is 54.7 Å². The van der Waals surface area contributed by atoms with Gasteiger partial charge in [0.15, 0.2) is 27.1 Å². The van der Waals surface area contributed by atoms with Crippen LogP contribution in [0.15, 0.2) is 64.1 Å². The third-order valence-electron chi connectivity index (χ3n) is 5.86. The Hall–Kier alpha value is -4.65. The number of sulfone groups is 1. The molecule has 2 aromatic carbocycles. The molecule has 0 aliphatic heterocycles. The van der Waals surface area contributed by atoms with Crippen LogP contribution in [0.3, 0.4) is 0 Å². The third-order valence-corrected chi connectivity index (χ3v) is 8.03. The van der Waals surface area contributed by atoms with Gasteiger partial charge in [0.2, 0.25) is 0 Å². The van der Waals surface area contributed by atoms with Crippen molar-refractivity contribution >= 4 is 32.8 Å². The number of benzene rings is 2. The molecule has 0 fully saturated rings. The van der Waals surface area contributed by atoms with Gasteiger partial charge in [-0.3, -0.25) is 10.4 Å². The van der Waals surface area contributed by atoms with E-state index in [-0.39, 0.29) is 22.2 Å². The first-order chi connectivity index (χ1) is 18.9. The third kappa shape index (κ3) is 5.54. The molecule has 12 nitrogen and oxygen atoms in total. The number of fused-ring (bicyclic) bond motifs is 1. The van der Waals surface area contributed by atoms with Crippen molar-refractivity contribution in [2.75, 3.05) is 5.32 Å². The summed E-state index contributed by atoms with van der Waals surface area (Å²) in [5.74, 6) is 0.348. The number of nitrogens with zero attached hydrogens (tertiary/aromatic N) is 5. The first kappa shape index (κ1) is 26.9. The van der Waals surface area contributed by atoms with E-state index in [0.29, 0.717) is 22.5 Å². The number of nitrogens with one attached hydrogen (secondary N) is 2. The molecule has 0 bridgehead atoms. The summed E-state index contributed by atoms with van der Waals surface area (Å²) in [6, 6.07) is 13.5. The molecule has 0 saturated heterocycles. The Morgan fingerprint density at radius 1 is 1.02 bits per heavy atom. The Bertz CT molecular complexity index is 1800. The highest BCUT2D eigenvalue weighted by molar-refractivity contribution is 7.92. The van der Waals surface area contributed by atoms with E-state index in [0.717, 1.165) is 11.1 Å². The molecule has 2 N–H and O–H groups in total. The SMILES string of the molecule is CC(C)S(=O)(=O)c1ccc(-c2cnc(NC(=O)OC(C)(C)C)c(-c3cc(-c4ccc5[nH]nnc5c4)no3)n2)cc1. The summed E-state index contributed by atoms with van der Waals surface area (Å²) in [7, 11) is -3.43. The average molecular weight is 562 g/mol. The lowest BCUT2D eigenvalue weighted by Crippen LogP contribution is -2.27. The Morgan fingerprint density at radius 2 is 1.75 bits per heavy atom. The number of ether oxygens (including phenoxy) is 1. The number of carbonyl (C=O) groups excluding carboxylic acids is 1. The van der Waals surface area contributed by atoms with E-state index in [1.807, 2.05) is 18.2 Å². The van der Waals surface area contributed by atoms with E-state index in [2.05, 4.69) is 30.9 Å². The van der Waals surface area contributed by atoms with E-state index in [1.165, 1.54) is 18.3 Å². The van der Waals surface area contributed by atoms with Gasteiger partial charge < -0.3 is 9.26 Å². The van der Waals surface area contributed by atoms with Crippen LogP contribution in [0, 0.1) is 0 Å². The van der Waals surface area contributed by atoms with Gasteiger partial charge in [-0.25, -0.2) is 23.2 Å². The van der Waals surface area contributed by atoms with E-state index < -0.39 is 26.8 Å². The predicted octanol–water partition coefficient (Wildman–Crippen LogP) is 5.27. The van der Waals surface area contributed by atoms with Gasteiger partial charge in [-0.15, -0.1) is 5.10 Å². The second kappa shape index (κ2) is 10.2. The van der Waals surface area contributed by atoms with Crippen molar-refractivity contribution in [3.8, 4) is 34.0 Å². The average Bonchev–Trinajstić information content (AvgIpc) is 3.57. The molecule has 0 spiro atoms. The number of aromatic nitrogens is 6. The van der Waals surface area contributed by atoms with Gasteiger partial charge in [0.05, 0.1) is 27.6 Å². The lowest BCUT2D eigenvalue weighted by Gasteiger charge is -2.19. The van der Waals surface area contributed by atoms with Crippen LogP contribution in [-0.2, 0) is 14.6 Å². The zero-order chi connectivity index (χ0) is 28.7. The van der Waals surface area contributed by atoms with Crippen molar-refractivity contribution in [1.29, 1.82) is 0 Å². The Morgan fingerprint density at radius 3 is 2.45 bits per heavy atom. The van der Waals surface area contributed by atoms with Crippen molar-refractivity contribution in [3.63, 3.8) is 0 Å². The summed E-state index contributed by atoms with van der Waals surface area (Å²) in [5, 5.41) is 16.9. The van der Waals surface area contributed by atoms with Gasteiger partial charge in [0, 0.05) is 17.2 Å². The second-order valence-electron chi connectivity index (χ2n) is 10.3. The van der Waals surface area contributed by atoms with Gasteiger partial charge in [-0.2, -0.15) is 0 Å². The van der Waals surface area contributed by atoms with Gasteiger partial charge in [0.1, 0.15) is 16.8 Å². The van der Waals surface area contributed by atoms with Crippen molar-refractivity contribution < 1.29 is 22.5 Å². The van der Waals surface area contributed by atoms with Crippen LogP contribution in [0.1, 0.15) is 34.6 Å². The fourth-order valence-corrected chi connectivity index (χ4v) is 4.86. The molecule has 5 aromatic rings. The number of carbonyl (C=O) groups is 1. The fourth-order valence-electron chi connectivity index (χ4n) is 3.80. The molecule has 0 radical (unpaired) electrons. The summed E-state index contributed by atoms with van der Waals surface area (Å²) in [4.78, 5) is 21.9. The Balaban J connectivity index is 1.54. The van der Waals surface area contributed by atoms with Crippen molar-refractivity contribution in [1.82, 2.24) is 30.5 Å².